The number of aliphatic imine (C=N–C) groups is 1. The van der Waals surface area contributed by atoms with Gasteiger partial charge in [0, 0.05) is 25.0 Å². The molecule has 1 aromatic rings. The molecule has 26 heavy (non-hydrogen) atoms. The van der Waals surface area contributed by atoms with Crippen molar-refractivity contribution in [3.8, 4) is 0 Å². The molecular formula is C21H35IN4. The van der Waals surface area contributed by atoms with E-state index in [9.17, 15) is 0 Å². The number of nitrogens with one attached hydrogen (secondary N) is 2. The summed E-state index contributed by atoms with van der Waals surface area (Å²) in [4.78, 5) is 7.51. The summed E-state index contributed by atoms with van der Waals surface area (Å²) in [6.45, 7) is 11.0. The van der Waals surface area contributed by atoms with Gasteiger partial charge in [0.1, 0.15) is 0 Å². The van der Waals surface area contributed by atoms with Crippen LogP contribution in [0.4, 0.5) is 0 Å². The van der Waals surface area contributed by atoms with E-state index < -0.39 is 0 Å². The smallest absolute Gasteiger partial charge is 0.191 e. The molecule has 146 valence electrons. The van der Waals surface area contributed by atoms with Crippen LogP contribution in [0.15, 0.2) is 35.3 Å². The third-order valence-corrected chi connectivity index (χ3v) is 5.59. The highest BCUT2D eigenvalue weighted by atomic mass is 127. The molecule has 0 bridgehead atoms. The van der Waals surface area contributed by atoms with Crippen molar-refractivity contribution in [3.63, 3.8) is 0 Å². The molecule has 1 heterocycles. The fourth-order valence-corrected chi connectivity index (χ4v) is 3.89. The fraction of sp³-hybridized carbons (Fsp3) is 0.667. The van der Waals surface area contributed by atoms with Gasteiger partial charge in [0.2, 0.25) is 0 Å². The highest BCUT2D eigenvalue weighted by Crippen LogP contribution is 2.48. The molecule has 0 spiro atoms. The Labute approximate surface area is 176 Å². The zero-order valence-corrected chi connectivity index (χ0v) is 18.7. The Morgan fingerprint density at radius 2 is 1.96 bits per heavy atom. The fourth-order valence-electron chi connectivity index (χ4n) is 3.89. The number of hydrogen-bond acceptors (Lipinski definition) is 2. The molecule has 1 atom stereocenters. The van der Waals surface area contributed by atoms with Crippen LogP contribution in [0, 0.1) is 5.92 Å². The molecule has 1 unspecified atom stereocenters. The average Bonchev–Trinajstić information content (AvgIpc) is 3.31. The highest BCUT2D eigenvalue weighted by molar-refractivity contribution is 14.0. The van der Waals surface area contributed by atoms with Crippen LogP contribution < -0.4 is 10.6 Å². The normalized spacial score (nSPS) is 21.9. The van der Waals surface area contributed by atoms with Gasteiger partial charge in [-0.15, -0.1) is 24.0 Å². The van der Waals surface area contributed by atoms with Gasteiger partial charge in [-0.1, -0.05) is 37.3 Å². The van der Waals surface area contributed by atoms with Crippen LogP contribution in [0.2, 0.25) is 0 Å². The molecule has 3 rings (SSSR count). The third-order valence-electron chi connectivity index (χ3n) is 5.59. The van der Waals surface area contributed by atoms with Gasteiger partial charge in [-0.3, -0.25) is 4.99 Å². The molecule has 1 aliphatic heterocycles. The van der Waals surface area contributed by atoms with Crippen molar-refractivity contribution in [3.05, 3.63) is 35.9 Å². The van der Waals surface area contributed by atoms with Crippen LogP contribution in [0.1, 0.15) is 45.1 Å². The van der Waals surface area contributed by atoms with E-state index in [4.69, 9.17) is 4.99 Å². The number of halogens is 1. The van der Waals surface area contributed by atoms with Gasteiger partial charge in [-0.05, 0) is 57.2 Å². The first kappa shape index (κ1) is 21.5. The summed E-state index contributed by atoms with van der Waals surface area (Å²) >= 11 is 0. The Morgan fingerprint density at radius 3 is 2.62 bits per heavy atom. The Bertz CT molecular complexity index is 556. The first-order valence-electron chi connectivity index (χ1n) is 10.1. The number of likely N-dealkylation sites (tertiary alicyclic amines) is 1. The molecule has 2 aliphatic rings. The van der Waals surface area contributed by atoms with Gasteiger partial charge in [-0.25, -0.2) is 0 Å². The molecule has 2 fully saturated rings. The lowest BCUT2D eigenvalue weighted by Gasteiger charge is -2.18. The molecule has 1 aliphatic carbocycles. The third kappa shape index (κ3) is 5.84. The lowest BCUT2D eigenvalue weighted by molar-refractivity contribution is 0.324. The maximum Gasteiger partial charge on any atom is 0.191 e. The van der Waals surface area contributed by atoms with Crippen molar-refractivity contribution in [2.24, 2.45) is 10.9 Å². The highest BCUT2D eigenvalue weighted by Gasteiger charge is 2.44. The van der Waals surface area contributed by atoms with Crippen molar-refractivity contribution >= 4 is 29.9 Å². The molecule has 5 heteroatoms. The van der Waals surface area contributed by atoms with Crippen molar-refractivity contribution < 1.29 is 0 Å². The van der Waals surface area contributed by atoms with E-state index in [2.05, 4.69) is 59.7 Å². The lowest BCUT2D eigenvalue weighted by Crippen LogP contribution is -2.40. The van der Waals surface area contributed by atoms with E-state index in [-0.39, 0.29) is 29.4 Å². The number of nitrogens with zero attached hydrogens (tertiary/aromatic N) is 2. The first-order chi connectivity index (χ1) is 12.3. The predicted octanol–water partition coefficient (Wildman–Crippen LogP) is 3.62. The Kier molecular flexibility index (Phi) is 8.67. The largest absolute Gasteiger partial charge is 0.357 e. The predicted molar refractivity (Wildman–Crippen MR) is 122 cm³/mol. The van der Waals surface area contributed by atoms with Crippen molar-refractivity contribution in [2.45, 2.75) is 44.9 Å². The molecule has 0 radical (unpaired) electrons. The second-order valence-electron chi connectivity index (χ2n) is 7.68. The molecular weight excluding hydrogens is 435 g/mol. The second kappa shape index (κ2) is 10.5. The minimum Gasteiger partial charge on any atom is -0.357 e. The summed E-state index contributed by atoms with van der Waals surface area (Å²) in [6.07, 6.45) is 5.08. The number of rotatable bonds is 8. The van der Waals surface area contributed by atoms with Gasteiger partial charge in [0.05, 0.1) is 6.54 Å². The number of hydrogen-bond donors (Lipinski definition) is 2. The number of benzene rings is 1. The molecule has 1 aromatic carbocycles. The summed E-state index contributed by atoms with van der Waals surface area (Å²) < 4.78 is 0. The van der Waals surface area contributed by atoms with E-state index in [1.165, 1.54) is 50.9 Å². The standard InChI is InChI=1S/C21H34N4.HI/c1-3-13-25-14-10-18(16-25)15-23-20(22-4-2)24-17-21(11-12-21)19-8-6-5-7-9-19;/h5-9,18H,3-4,10-17H2,1-2H3,(H2,22,23,24);1H. The average molecular weight is 470 g/mol. The topological polar surface area (TPSA) is 39.7 Å². The second-order valence-corrected chi connectivity index (χ2v) is 7.68. The minimum absolute atomic E-state index is 0. The minimum atomic E-state index is 0. The quantitative estimate of drug-likeness (QED) is 0.347. The van der Waals surface area contributed by atoms with Crippen LogP contribution >= 0.6 is 24.0 Å². The van der Waals surface area contributed by atoms with E-state index in [1.807, 2.05) is 0 Å². The van der Waals surface area contributed by atoms with Crippen LogP contribution in [0.3, 0.4) is 0 Å². The maximum atomic E-state index is 4.92. The summed E-state index contributed by atoms with van der Waals surface area (Å²) in [6, 6.07) is 10.9. The van der Waals surface area contributed by atoms with Crippen molar-refractivity contribution in [1.29, 1.82) is 0 Å². The van der Waals surface area contributed by atoms with E-state index in [0.717, 1.165) is 31.5 Å². The maximum absolute atomic E-state index is 4.92. The van der Waals surface area contributed by atoms with E-state index >= 15 is 0 Å². The summed E-state index contributed by atoms with van der Waals surface area (Å²) in [7, 11) is 0. The van der Waals surface area contributed by atoms with Gasteiger partial charge in [0.25, 0.3) is 0 Å². The number of guanidine groups is 1. The zero-order chi connectivity index (χ0) is 17.5. The molecule has 0 amide bonds. The molecule has 4 nitrogen and oxygen atoms in total. The zero-order valence-electron chi connectivity index (χ0n) is 16.3. The van der Waals surface area contributed by atoms with Crippen molar-refractivity contribution in [2.75, 3.05) is 39.3 Å². The first-order valence-corrected chi connectivity index (χ1v) is 10.1. The Hall–Kier alpha value is -0.820. The van der Waals surface area contributed by atoms with Crippen LogP contribution in [-0.4, -0.2) is 50.1 Å². The SMILES string of the molecule is CCCN1CCC(CNC(=NCC2(c3ccccc3)CC2)NCC)C1.I. The van der Waals surface area contributed by atoms with E-state index in [1.54, 1.807) is 0 Å². The molecule has 0 aromatic heterocycles. The Balaban J connectivity index is 0.00000243. The van der Waals surface area contributed by atoms with Crippen molar-refractivity contribution in [1.82, 2.24) is 15.5 Å². The van der Waals surface area contributed by atoms with Gasteiger partial charge >= 0.3 is 0 Å². The van der Waals surface area contributed by atoms with Crippen LogP contribution in [0.25, 0.3) is 0 Å². The van der Waals surface area contributed by atoms with Crippen LogP contribution in [-0.2, 0) is 5.41 Å². The Morgan fingerprint density at radius 1 is 1.19 bits per heavy atom. The summed E-state index contributed by atoms with van der Waals surface area (Å²) in [5.41, 5.74) is 1.73. The van der Waals surface area contributed by atoms with Gasteiger partial charge in [-0.2, -0.15) is 0 Å². The summed E-state index contributed by atoms with van der Waals surface area (Å²) in [5.74, 6) is 1.73. The molecule has 1 saturated carbocycles. The monoisotopic (exact) mass is 470 g/mol. The van der Waals surface area contributed by atoms with Gasteiger partial charge in [0.15, 0.2) is 5.96 Å². The molecule has 1 saturated heterocycles. The summed E-state index contributed by atoms with van der Waals surface area (Å²) in [5, 5.41) is 7.01. The van der Waals surface area contributed by atoms with E-state index in [0.29, 0.717) is 0 Å². The van der Waals surface area contributed by atoms with Gasteiger partial charge < -0.3 is 15.5 Å². The van der Waals surface area contributed by atoms with Crippen LogP contribution in [0.5, 0.6) is 0 Å². The lowest BCUT2D eigenvalue weighted by atomic mass is 9.96. The molecule has 2 N–H and O–H groups in total.